The van der Waals surface area contributed by atoms with Gasteiger partial charge in [0.05, 0.1) is 11.2 Å². The largest absolute Gasteiger partial charge is 0.343 e. The molecule has 2 heteroatoms. The summed E-state index contributed by atoms with van der Waals surface area (Å²) in [6.45, 7) is 4.71. The van der Waals surface area contributed by atoms with E-state index in [9.17, 15) is 0 Å². The van der Waals surface area contributed by atoms with Crippen molar-refractivity contribution in [2.45, 2.75) is 19.3 Å². The third-order valence-corrected chi connectivity index (χ3v) is 12.8. The molecular weight excluding hydrogens is 725 g/mol. The van der Waals surface area contributed by atoms with Gasteiger partial charge in [0.15, 0.2) is 0 Å². The molecule has 2 nitrogen and oxygen atoms in total. The van der Waals surface area contributed by atoms with Gasteiger partial charge in [0, 0.05) is 45.9 Å². The van der Waals surface area contributed by atoms with Crippen LogP contribution >= 0.6 is 0 Å². The highest BCUT2D eigenvalue weighted by Gasteiger charge is 2.35. The van der Waals surface area contributed by atoms with Crippen molar-refractivity contribution in [1.82, 2.24) is 4.57 Å². The Kier molecular flexibility index (Phi) is 8.42. The molecule has 11 rings (SSSR count). The molecule has 0 saturated carbocycles. The summed E-state index contributed by atoms with van der Waals surface area (Å²) in [4.78, 5) is 2.42. The molecule has 0 aliphatic heterocycles. The van der Waals surface area contributed by atoms with Crippen molar-refractivity contribution in [3.05, 3.63) is 223 Å². The first-order valence-electron chi connectivity index (χ1n) is 20.9. The third-order valence-electron chi connectivity index (χ3n) is 12.8. The van der Waals surface area contributed by atoms with Crippen LogP contribution in [-0.4, -0.2) is 4.57 Å². The number of hydrogen-bond acceptors (Lipinski definition) is 1. The van der Waals surface area contributed by atoms with Crippen LogP contribution in [0.3, 0.4) is 0 Å². The monoisotopic (exact) mass is 768 g/mol. The summed E-state index contributed by atoms with van der Waals surface area (Å²) >= 11 is 0. The van der Waals surface area contributed by atoms with E-state index in [1.54, 1.807) is 0 Å². The standard InChI is InChI=1S/C58H44N2/c1-58(2)53-26-16-15-24-48(53)49-36-35-46(37-54(49)58)60(44-31-27-40(28-32-44)39-17-7-4-8-18-39)45-33-29-42(30-34-45)55-52-38-51(41-19-9-5-10-20-41)47-23-13-14-25-50(47)57(52)59(3)56(55)43-21-11-6-12-22-43/h4-38H,1-3H3. The summed E-state index contributed by atoms with van der Waals surface area (Å²) in [5.41, 5.74) is 19.6. The molecule has 1 aromatic heterocycles. The van der Waals surface area contributed by atoms with Crippen molar-refractivity contribution in [1.29, 1.82) is 0 Å². The van der Waals surface area contributed by atoms with Crippen molar-refractivity contribution in [3.63, 3.8) is 0 Å². The fourth-order valence-corrected chi connectivity index (χ4v) is 9.89. The minimum atomic E-state index is -0.111. The summed E-state index contributed by atoms with van der Waals surface area (Å²) in [5.74, 6) is 0. The van der Waals surface area contributed by atoms with Crippen LogP contribution in [-0.2, 0) is 12.5 Å². The smallest absolute Gasteiger partial charge is 0.0569 e. The Labute approximate surface area is 352 Å². The number of fused-ring (bicyclic) bond motifs is 6. The second-order valence-corrected chi connectivity index (χ2v) is 16.6. The molecule has 0 saturated heterocycles. The lowest BCUT2D eigenvalue weighted by molar-refractivity contribution is 0.660. The average molecular weight is 769 g/mol. The number of anilines is 3. The quantitative estimate of drug-likeness (QED) is 0.157. The average Bonchev–Trinajstić information content (AvgIpc) is 3.73. The number of aryl methyl sites for hydroxylation is 1. The third kappa shape index (κ3) is 5.71. The number of nitrogens with zero attached hydrogens (tertiary/aromatic N) is 2. The van der Waals surface area contributed by atoms with Gasteiger partial charge in [-0.2, -0.15) is 0 Å². The van der Waals surface area contributed by atoms with Crippen molar-refractivity contribution >= 4 is 38.7 Å². The van der Waals surface area contributed by atoms with Crippen molar-refractivity contribution in [2.24, 2.45) is 7.05 Å². The first-order valence-corrected chi connectivity index (χ1v) is 20.9. The molecule has 0 atom stereocenters. The highest BCUT2D eigenvalue weighted by molar-refractivity contribution is 6.19. The van der Waals surface area contributed by atoms with Gasteiger partial charge in [-0.1, -0.05) is 184 Å². The van der Waals surface area contributed by atoms with Gasteiger partial charge in [0.2, 0.25) is 0 Å². The molecule has 286 valence electrons. The Bertz CT molecular complexity index is 3190. The van der Waals surface area contributed by atoms with Crippen LogP contribution in [0.1, 0.15) is 25.0 Å². The Morgan fingerprint density at radius 3 is 1.53 bits per heavy atom. The minimum absolute atomic E-state index is 0.111. The molecule has 0 N–H and O–H groups in total. The van der Waals surface area contributed by atoms with Crippen molar-refractivity contribution in [3.8, 4) is 55.8 Å². The zero-order valence-corrected chi connectivity index (χ0v) is 34.1. The second kappa shape index (κ2) is 14.1. The van der Waals surface area contributed by atoms with E-state index in [2.05, 4.69) is 243 Å². The highest BCUT2D eigenvalue weighted by Crippen LogP contribution is 2.51. The predicted octanol–water partition coefficient (Wildman–Crippen LogP) is 15.8. The lowest BCUT2D eigenvalue weighted by atomic mass is 9.82. The predicted molar refractivity (Wildman–Crippen MR) is 254 cm³/mol. The van der Waals surface area contributed by atoms with E-state index < -0.39 is 0 Å². The van der Waals surface area contributed by atoms with Crippen LogP contribution in [0.4, 0.5) is 17.1 Å². The summed E-state index contributed by atoms with van der Waals surface area (Å²) in [7, 11) is 2.23. The van der Waals surface area contributed by atoms with Gasteiger partial charge in [-0.05, 0) is 103 Å². The number of hydrogen-bond donors (Lipinski definition) is 0. The Balaban J connectivity index is 1.10. The van der Waals surface area contributed by atoms with Gasteiger partial charge >= 0.3 is 0 Å². The van der Waals surface area contributed by atoms with Gasteiger partial charge in [0.1, 0.15) is 0 Å². The lowest BCUT2D eigenvalue weighted by Crippen LogP contribution is -2.16. The van der Waals surface area contributed by atoms with Crippen LogP contribution in [0.5, 0.6) is 0 Å². The molecule has 0 bridgehead atoms. The SMILES string of the molecule is Cn1c(-c2ccccc2)c(-c2ccc(N(c3ccc(-c4ccccc4)cc3)c3ccc4c(c3)C(C)(C)c3ccccc3-4)cc2)c2cc(-c3ccccc3)c3ccccc3c21. The Morgan fingerprint density at radius 1 is 0.367 bits per heavy atom. The molecule has 10 aromatic rings. The highest BCUT2D eigenvalue weighted by atomic mass is 15.1. The first-order chi connectivity index (χ1) is 29.5. The zero-order valence-electron chi connectivity index (χ0n) is 34.1. The molecule has 9 aromatic carbocycles. The van der Waals surface area contributed by atoms with Gasteiger partial charge in [-0.15, -0.1) is 0 Å². The van der Waals surface area contributed by atoms with Crippen LogP contribution in [0.15, 0.2) is 212 Å². The zero-order chi connectivity index (χ0) is 40.4. The van der Waals surface area contributed by atoms with Crippen molar-refractivity contribution in [2.75, 3.05) is 4.90 Å². The number of rotatable bonds is 7. The molecule has 0 radical (unpaired) electrons. The van der Waals surface area contributed by atoms with Gasteiger partial charge in [-0.3, -0.25) is 0 Å². The maximum absolute atomic E-state index is 2.42. The van der Waals surface area contributed by atoms with Gasteiger partial charge in [0.25, 0.3) is 0 Å². The van der Waals surface area contributed by atoms with E-state index in [1.807, 2.05) is 0 Å². The second-order valence-electron chi connectivity index (χ2n) is 16.6. The van der Waals surface area contributed by atoms with E-state index >= 15 is 0 Å². The molecular formula is C58H44N2. The summed E-state index contributed by atoms with van der Waals surface area (Å²) in [6.07, 6.45) is 0. The minimum Gasteiger partial charge on any atom is -0.343 e. The molecule has 0 unspecified atom stereocenters. The Morgan fingerprint density at radius 2 is 0.867 bits per heavy atom. The maximum atomic E-state index is 2.42. The van der Waals surface area contributed by atoms with Gasteiger partial charge in [-0.25, -0.2) is 0 Å². The summed E-state index contributed by atoms with van der Waals surface area (Å²) in [5, 5.41) is 3.76. The maximum Gasteiger partial charge on any atom is 0.0569 e. The van der Waals surface area contributed by atoms with E-state index in [4.69, 9.17) is 0 Å². The van der Waals surface area contributed by atoms with E-state index in [0.717, 1.165) is 17.1 Å². The van der Waals surface area contributed by atoms with Crippen LogP contribution in [0, 0.1) is 0 Å². The topological polar surface area (TPSA) is 8.17 Å². The number of benzene rings is 9. The molecule has 1 heterocycles. The van der Waals surface area contributed by atoms with Crippen LogP contribution < -0.4 is 4.90 Å². The summed E-state index contributed by atoms with van der Waals surface area (Å²) < 4.78 is 2.41. The van der Waals surface area contributed by atoms with Crippen LogP contribution in [0.25, 0.3) is 77.4 Å². The molecule has 0 amide bonds. The fraction of sp³-hybridized carbons (Fsp3) is 0.0690. The van der Waals surface area contributed by atoms with Gasteiger partial charge < -0.3 is 9.47 Å². The van der Waals surface area contributed by atoms with Crippen molar-refractivity contribution < 1.29 is 0 Å². The molecule has 1 aliphatic carbocycles. The Hall–Kier alpha value is -7.42. The molecule has 0 fully saturated rings. The van der Waals surface area contributed by atoms with Crippen LogP contribution in [0.2, 0.25) is 0 Å². The number of aromatic nitrogens is 1. The van der Waals surface area contributed by atoms with E-state index in [-0.39, 0.29) is 5.41 Å². The summed E-state index contributed by atoms with van der Waals surface area (Å²) in [6, 6.07) is 77.8. The lowest BCUT2D eigenvalue weighted by Gasteiger charge is -2.28. The fourth-order valence-electron chi connectivity index (χ4n) is 9.89. The molecule has 60 heavy (non-hydrogen) atoms. The molecule has 1 aliphatic rings. The van der Waals surface area contributed by atoms with E-state index in [1.165, 1.54) is 88.6 Å². The first kappa shape index (κ1) is 35.7. The van der Waals surface area contributed by atoms with E-state index in [0.29, 0.717) is 0 Å². The normalized spacial score (nSPS) is 12.7. The molecule has 0 spiro atoms.